The molecule has 172 valence electrons. The summed E-state index contributed by atoms with van der Waals surface area (Å²) in [6, 6.07) is 12.9. The Kier molecular flexibility index (Phi) is 5.95. The van der Waals surface area contributed by atoms with E-state index in [1.165, 1.54) is 25.1 Å². The molecule has 0 radical (unpaired) electrons. The van der Waals surface area contributed by atoms with Crippen molar-refractivity contribution in [2.45, 2.75) is 26.8 Å². The molecular weight excluding hydrogens is 439 g/mol. The molecule has 2 aromatic carbocycles. The van der Waals surface area contributed by atoms with Crippen LogP contribution in [0.1, 0.15) is 38.4 Å². The van der Waals surface area contributed by atoms with Gasteiger partial charge < -0.3 is 14.3 Å². The van der Waals surface area contributed by atoms with Crippen molar-refractivity contribution in [2.24, 2.45) is 0 Å². The number of rotatable bonds is 6. The van der Waals surface area contributed by atoms with Gasteiger partial charge in [0, 0.05) is 17.5 Å². The van der Waals surface area contributed by atoms with Crippen LogP contribution < -0.4 is 10.3 Å². The van der Waals surface area contributed by atoms with Crippen molar-refractivity contribution in [3.63, 3.8) is 0 Å². The van der Waals surface area contributed by atoms with E-state index < -0.39 is 23.0 Å². The standard InChI is InChI=1S/C26H21FN2O5/c1-14-20(13-28)25(31)29(11-10-16-4-7-18(33-3)8-5-16)26(32)22(14)23(30)24-15(2)19-12-17(27)6-9-21(19)34-24/h4-9,12,32H,10-11H2,1-3H3. The number of nitrogens with zero attached hydrogens (tertiary/aromatic N) is 2. The van der Waals surface area contributed by atoms with Gasteiger partial charge in [-0.15, -0.1) is 0 Å². The topological polar surface area (TPSA) is 105 Å². The highest BCUT2D eigenvalue weighted by molar-refractivity contribution is 6.12. The van der Waals surface area contributed by atoms with E-state index in [1.54, 1.807) is 26.2 Å². The lowest BCUT2D eigenvalue weighted by molar-refractivity contribution is 0.101. The van der Waals surface area contributed by atoms with Gasteiger partial charge in [0.05, 0.1) is 12.7 Å². The second-order valence-corrected chi connectivity index (χ2v) is 7.89. The van der Waals surface area contributed by atoms with Crippen molar-refractivity contribution in [3.8, 4) is 17.7 Å². The van der Waals surface area contributed by atoms with E-state index in [9.17, 15) is 24.3 Å². The lowest BCUT2D eigenvalue weighted by atomic mass is 9.98. The Morgan fingerprint density at radius 3 is 2.53 bits per heavy atom. The summed E-state index contributed by atoms with van der Waals surface area (Å²) < 4.78 is 25.5. The van der Waals surface area contributed by atoms with Gasteiger partial charge >= 0.3 is 0 Å². The zero-order valence-electron chi connectivity index (χ0n) is 18.8. The largest absolute Gasteiger partial charge is 0.497 e. The number of nitriles is 1. The molecule has 2 heterocycles. The van der Waals surface area contributed by atoms with Crippen LogP contribution in [0.25, 0.3) is 11.0 Å². The zero-order valence-corrected chi connectivity index (χ0v) is 18.8. The number of ketones is 1. The lowest BCUT2D eigenvalue weighted by Gasteiger charge is -2.15. The summed E-state index contributed by atoms with van der Waals surface area (Å²) in [5.41, 5.74) is 0.506. The molecule has 0 saturated carbocycles. The molecule has 0 aliphatic rings. The highest BCUT2D eigenvalue weighted by atomic mass is 19.1. The number of hydrogen-bond donors (Lipinski definition) is 1. The number of pyridine rings is 1. The second-order valence-electron chi connectivity index (χ2n) is 7.89. The smallest absolute Gasteiger partial charge is 0.271 e. The molecule has 34 heavy (non-hydrogen) atoms. The first-order valence-corrected chi connectivity index (χ1v) is 10.5. The Labute approximate surface area is 194 Å². The molecule has 0 unspecified atom stereocenters. The van der Waals surface area contributed by atoms with Crippen molar-refractivity contribution < 1.29 is 23.4 Å². The van der Waals surface area contributed by atoms with E-state index in [0.717, 1.165) is 10.1 Å². The van der Waals surface area contributed by atoms with Gasteiger partial charge in [-0.3, -0.25) is 14.2 Å². The van der Waals surface area contributed by atoms with E-state index in [1.807, 2.05) is 18.2 Å². The number of aromatic nitrogens is 1. The normalized spacial score (nSPS) is 10.9. The SMILES string of the molecule is COc1ccc(CCn2c(O)c(C(=O)c3oc4ccc(F)cc4c3C)c(C)c(C#N)c2=O)cc1. The summed E-state index contributed by atoms with van der Waals surface area (Å²) in [7, 11) is 1.56. The van der Waals surface area contributed by atoms with Crippen molar-refractivity contribution >= 4 is 16.8 Å². The first kappa shape index (κ1) is 22.8. The average molecular weight is 460 g/mol. The third-order valence-corrected chi connectivity index (χ3v) is 5.91. The number of halogens is 1. The van der Waals surface area contributed by atoms with Crippen LogP contribution in [0.3, 0.4) is 0 Å². The van der Waals surface area contributed by atoms with Crippen molar-refractivity contribution in [1.82, 2.24) is 4.57 Å². The van der Waals surface area contributed by atoms with Gasteiger partial charge in [-0.1, -0.05) is 12.1 Å². The van der Waals surface area contributed by atoms with E-state index in [0.29, 0.717) is 28.7 Å². The molecule has 0 spiro atoms. The van der Waals surface area contributed by atoms with Gasteiger partial charge in [0.1, 0.15) is 28.8 Å². The number of fused-ring (bicyclic) bond motifs is 1. The predicted molar refractivity (Wildman–Crippen MR) is 123 cm³/mol. The maximum Gasteiger partial charge on any atom is 0.271 e. The van der Waals surface area contributed by atoms with Crippen LogP contribution in [-0.4, -0.2) is 22.6 Å². The Morgan fingerprint density at radius 1 is 1.18 bits per heavy atom. The molecular formula is C26H21FN2O5. The summed E-state index contributed by atoms with van der Waals surface area (Å²) in [5, 5.41) is 21.0. The Morgan fingerprint density at radius 2 is 1.88 bits per heavy atom. The van der Waals surface area contributed by atoms with Crippen molar-refractivity contribution in [1.29, 1.82) is 5.26 Å². The summed E-state index contributed by atoms with van der Waals surface area (Å²) in [5.74, 6) is -1.14. The number of aromatic hydroxyl groups is 1. The minimum Gasteiger partial charge on any atom is -0.497 e. The Hall–Kier alpha value is -4.38. The second kappa shape index (κ2) is 8.87. The van der Waals surface area contributed by atoms with Crippen LogP contribution in [0.5, 0.6) is 11.6 Å². The summed E-state index contributed by atoms with van der Waals surface area (Å²) in [4.78, 5) is 26.4. The number of carbonyl (C=O) groups excluding carboxylic acids is 1. The molecule has 4 aromatic rings. The summed E-state index contributed by atoms with van der Waals surface area (Å²) in [6.07, 6.45) is 0.363. The van der Waals surface area contributed by atoms with Crippen LogP contribution in [0.2, 0.25) is 0 Å². The fraction of sp³-hybridized carbons (Fsp3) is 0.192. The molecule has 0 bridgehead atoms. The fourth-order valence-corrected chi connectivity index (χ4v) is 3.99. The molecule has 8 heteroatoms. The maximum absolute atomic E-state index is 13.7. The molecule has 2 aromatic heterocycles. The third kappa shape index (κ3) is 3.82. The van der Waals surface area contributed by atoms with Gasteiger partial charge in [-0.05, 0) is 61.7 Å². The molecule has 0 fully saturated rings. The molecule has 0 atom stereocenters. The molecule has 4 rings (SSSR count). The quantitative estimate of drug-likeness (QED) is 0.427. The number of benzene rings is 2. The number of furan rings is 1. The minimum absolute atomic E-state index is 0.0383. The monoisotopic (exact) mass is 460 g/mol. The molecule has 0 aliphatic carbocycles. The number of methoxy groups -OCH3 is 1. The summed E-state index contributed by atoms with van der Waals surface area (Å²) >= 11 is 0. The number of carbonyl (C=O) groups is 1. The van der Waals surface area contributed by atoms with Crippen LogP contribution in [-0.2, 0) is 13.0 Å². The Balaban J connectivity index is 1.80. The highest BCUT2D eigenvalue weighted by Crippen LogP contribution is 2.31. The fourth-order valence-electron chi connectivity index (χ4n) is 3.99. The lowest BCUT2D eigenvalue weighted by Crippen LogP contribution is -2.27. The van der Waals surface area contributed by atoms with Gasteiger partial charge in [-0.25, -0.2) is 4.39 Å². The van der Waals surface area contributed by atoms with Crippen LogP contribution in [0.4, 0.5) is 4.39 Å². The number of ether oxygens (including phenoxy) is 1. The molecule has 0 aliphatic heterocycles. The molecule has 0 amide bonds. The minimum atomic E-state index is -0.696. The number of aryl methyl sites for hydroxylation is 2. The van der Waals surface area contributed by atoms with Gasteiger partial charge in [-0.2, -0.15) is 5.26 Å². The van der Waals surface area contributed by atoms with Crippen molar-refractivity contribution in [2.75, 3.05) is 7.11 Å². The molecule has 1 N–H and O–H groups in total. The summed E-state index contributed by atoms with van der Waals surface area (Å²) in [6.45, 7) is 3.07. The van der Waals surface area contributed by atoms with E-state index in [4.69, 9.17) is 9.15 Å². The molecule has 7 nitrogen and oxygen atoms in total. The van der Waals surface area contributed by atoms with Crippen LogP contribution in [0, 0.1) is 31.0 Å². The first-order chi connectivity index (χ1) is 16.3. The van der Waals surface area contributed by atoms with Crippen LogP contribution in [0.15, 0.2) is 51.7 Å². The van der Waals surface area contributed by atoms with E-state index >= 15 is 0 Å². The van der Waals surface area contributed by atoms with Crippen molar-refractivity contribution in [3.05, 3.63) is 92.2 Å². The zero-order chi connectivity index (χ0) is 24.6. The van der Waals surface area contributed by atoms with E-state index in [-0.39, 0.29) is 29.0 Å². The van der Waals surface area contributed by atoms with Gasteiger partial charge in [0.2, 0.25) is 11.7 Å². The Bertz CT molecular complexity index is 1520. The van der Waals surface area contributed by atoms with Gasteiger partial charge in [0.15, 0.2) is 5.76 Å². The first-order valence-electron chi connectivity index (χ1n) is 10.5. The van der Waals surface area contributed by atoms with Gasteiger partial charge in [0.25, 0.3) is 5.56 Å². The predicted octanol–water partition coefficient (Wildman–Crippen LogP) is 4.41. The van der Waals surface area contributed by atoms with E-state index in [2.05, 4.69) is 0 Å². The maximum atomic E-state index is 13.7. The van der Waals surface area contributed by atoms with Crippen LogP contribution >= 0.6 is 0 Å². The third-order valence-electron chi connectivity index (χ3n) is 5.91. The number of hydrogen-bond acceptors (Lipinski definition) is 6. The molecule has 0 saturated heterocycles. The highest BCUT2D eigenvalue weighted by Gasteiger charge is 2.28. The average Bonchev–Trinajstić information content (AvgIpc) is 3.15.